The van der Waals surface area contributed by atoms with Gasteiger partial charge in [0.2, 0.25) is 0 Å². The summed E-state index contributed by atoms with van der Waals surface area (Å²) in [6.45, 7) is 8.95. The molecule has 2 aromatic rings. The number of amides is 1. The van der Waals surface area contributed by atoms with Crippen molar-refractivity contribution in [2.75, 3.05) is 26.3 Å². The number of pyridine rings is 1. The standard InChI is InChI=1S/C20H28N4O2/c1-14(2)24-18-16(11-21-24)10-17(15(3)22-18)19(25)23-8-9-26-13-20(12-23)6-4-5-7-20/h10-11,14H,4-9,12-13H2,1-3H3. The van der Waals surface area contributed by atoms with Gasteiger partial charge in [0.05, 0.1) is 30.7 Å². The highest BCUT2D eigenvalue weighted by Gasteiger charge is 2.39. The zero-order valence-corrected chi connectivity index (χ0v) is 16.0. The van der Waals surface area contributed by atoms with E-state index >= 15 is 0 Å². The summed E-state index contributed by atoms with van der Waals surface area (Å²) in [6.07, 6.45) is 6.61. The second-order valence-electron chi connectivity index (χ2n) is 8.20. The first-order valence-corrected chi connectivity index (χ1v) is 9.71. The number of carbonyl (C=O) groups excluding carboxylic acids is 1. The van der Waals surface area contributed by atoms with Crippen LogP contribution in [-0.4, -0.2) is 51.9 Å². The number of ether oxygens (including phenoxy) is 1. The van der Waals surface area contributed by atoms with Crippen LogP contribution >= 0.6 is 0 Å². The molecule has 2 aliphatic rings. The summed E-state index contributed by atoms with van der Waals surface area (Å²) in [5.41, 5.74) is 2.46. The molecule has 0 atom stereocenters. The number of hydrogen-bond acceptors (Lipinski definition) is 4. The van der Waals surface area contributed by atoms with Gasteiger partial charge in [0.1, 0.15) is 0 Å². The maximum atomic E-state index is 13.3. The maximum Gasteiger partial charge on any atom is 0.255 e. The molecule has 26 heavy (non-hydrogen) atoms. The third-order valence-corrected chi connectivity index (χ3v) is 5.87. The van der Waals surface area contributed by atoms with E-state index < -0.39 is 0 Å². The van der Waals surface area contributed by atoms with Gasteiger partial charge in [-0.05, 0) is 39.7 Å². The van der Waals surface area contributed by atoms with Crippen molar-refractivity contribution >= 4 is 16.9 Å². The fourth-order valence-electron chi connectivity index (χ4n) is 4.42. The highest BCUT2D eigenvalue weighted by Crippen LogP contribution is 2.40. The van der Waals surface area contributed by atoms with Gasteiger partial charge in [-0.3, -0.25) is 4.79 Å². The van der Waals surface area contributed by atoms with Crippen molar-refractivity contribution in [2.24, 2.45) is 5.41 Å². The third-order valence-electron chi connectivity index (χ3n) is 5.87. The van der Waals surface area contributed by atoms with E-state index in [1.165, 1.54) is 12.8 Å². The molecule has 0 aromatic carbocycles. The van der Waals surface area contributed by atoms with Gasteiger partial charge in [0.15, 0.2) is 5.65 Å². The number of rotatable bonds is 2. The number of aromatic nitrogens is 3. The highest BCUT2D eigenvalue weighted by molar-refractivity contribution is 5.98. The van der Waals surface area contributed by atoms with Crippen molar-refractivity contribution < 1.29 is 9.53 Å². The Morgan fingerprint density at radius 1 is 1.31 bits per heavy atom. The Hall–Kier alpha value is -1.95. The summed E-state index contributed by atoms with van der Waals surface area (Å²) >= 11 is 0. The highest BCUT2D eigenvalue weighted by atomic mass is 16.5. The van der Waals surface area contributed by atoms with Crippen LogP contribution in [0.2, 0.25) is 0 Å². The van der Waals surface area contributed by atoms with Crippen LogP contribution in [0.4, 0.5) is 0 Å². The van der Waals surface area contributed by atoms with Crippen molar-refractivity contribution in [3.05, 3.63) is 23.5 Å². The van der Waals surface area contributed by atoms with Crippen molar-refractivity contribution in [3.8, 4) is 0 Å². The summed E-state index contributed by atoms with van der Waals surface area (Å²) in [5.74, 6) is 0.0750. The van der Waals surface area contributed by atoms with Crippen LogP contribution in [-0.2, 0) is 4.74 Å². The van der Waals surface area contributed by atoms with Gasteiger partial charge in [0.25, 0.3) is 5.91 Å². The monoisotopic (exact) mass is 356 g/mol. The molecule has 2 aromatic heterocycles. The first-order chi connectivity index (χ1) is 12.5. The maximum absolute atomic E-state index is 13.3. The van der Waals surface area contributed by atoms with Crippen molar-refractivity contribution in [3.63, 3.8) is 0 Å². The number of nitrogens with zero attached hydrogens (tertiary/aromatic N) is 4. The van der Waals surface area contributed by atoms with E-state index in [0.29, 0.717) is 18.7 Å². The molecule has 1 saturated carbocycles. The van der Waals surface area contributed by atoms with E-state index in [-0.39, 0.29) is 17.4 Å². The molecule has 140 valence electrons. The fourth-order valence-corrected chi connectivity index (χ4v) is 4.42. The van der Waals surface area contributed by atoms with E-state index in [9.17, 15) is 4.79 Å². The lowest BCUT2D eigenvalue weighted by Crippen LogP contribution is -2.40. The van der Waals surface area contributed by atoms with Crippen LogP contribution in [0.3, 0.4) is 0 Å². The first kappa shape index (κ1) is 17.5. The smallest absolute Gasteiger partial charge is 0.255 e. The van der Waals surface area contributed by atoms with Gasteiger partial charge in [-0.15, -0.1) is 0 Å². The van der Waals surface area contributed by atoms with Crippen LogP contribution < -0.4 is 0 Å². The van der Waals surface area contributed by atoms with Gasteiger partial charge in [-0.25, -0.2) is 9.67 Å². The molecule has 4 rings (SSSR count). The molecule has 0 N–H and O–H groups in total. The van der Waals surface area contributed by atoms with Crippen molar-refractivity contribution in [1.29, 1.82) is 0 Å². The minimum atomic E-state index is 0.0750. The molecule has 1 spiro atoms. The molecule has 1 aliphatic heterocycles. The van der Waals surface area contributed by atoms with Crippen LogP contribution in [0.15, 0.2) is 12.3 Å². The Bertz CT molecular complexity index is 821. The normalized spacial score (nSPS) is 20.2. The van der Waals surface area contributed by atoms with Gasteiger partial charge in [-0.2, -0.15) is 5.10 Å². The molecule has 6 heteroatoms. The summed E-state index contributed by atoms with van der Waals surface area (Å²) in [7, 11) is 0. The predicted octanol–water partition coefficient (Wildman–Crippen LogP) is 3.35. The third kappa shape index (κ3) is 3.00. The number of carbonyl (C=O) groups is 1. The second-order valence-corrected chi connectivity index (χ2v) is 8.20. The van der Waals surface area contributed by atoms with Crippen molar-refractivity contribution in [1.82, 2.24) is 19.7 Å². The van der Waals surface area contributed by atoms with Gasteiger partial charge >= 0.3 is 0 Å². The molecular weight excluding hydrogens is 328 g/mol. The van der Waals surface area contributed by atoms with E-state index in [0.717, 1.165) is 42.7 Å². The molecule has 0 unspecified atom stereocenters. The van der Waals surface area contributed by atoms with E-state index in [2.05, 4.69) is 18.9 Å². The Kier molecular flexibility index (Phi) is 4.47. The summed E-state index contributed by atoms with van der Waals surface area (Å²) in [5, 5.41) is 5.36. The van der Waals surface area contributed by atoms with Crippen LogP contribution in [0.25, 0.3) is 11.0 Å². The molecule has 1 amide bonds. The summed E-state index contributed by atoms with van der Waals surface area (Å²) in [6, 6.07) is 2.20. The number of aryl methyl sites for hydroxylation is 1. The predicted molar refractivity (Wildman–Crippen MR) is 100 cm³/mol. The Labute approximate surface area is 154 Å². The zero-order valence-electron chi connectivity index (χ0n) is 16.0. The SMILES string of the molecule is Cc1nc2c(cnn2C(C)C)cc1C(=O)N1CCOCC2(CCCC2)C1. The average Bonchev–Trinajstić information content (AvgIpc) is 3.17. The molecular formula is C20H28N4O2. The molecule has 3 heterocycles. The molecule has 0 radical (unpaired) electrons. The van der Waals surface area contributed by atoms with Crippen molar-refractivity contribution in [2.45, 2.75) is 52.5 Å². The molecule has 1 saturated heterocycles. The summed E-state index contributed by atoms with van der Waals surface area (Å²) < 4.78 is 7.76. The van der Waals surface area contributed by atoms with Gasteiger partial charge in [-0.1, -0.05) is 12.8 Å². The van der Waals surface area contributed by atoms with Crippen LogP contribution in [0, 0.1) is 12.3 Å². The van der Waals surface area contributed by atoms with E-state index in [1.54, 1.807) is 0 Å². The van der Waals surface area contributed by atoms with Crippen LogP contribution in [0.5, 0.6) is 0 Å². The molecule has 6 nitrogen and oxygen atoms in total. The number of fused-ring (bicyclic) bond motifs is 1. The van der Waals surface area contributed by atoms with Crippen LogP contribution in [0.1, 0.15) is 61.6 Å². The average molecular weight is 356 g/mol. The largest absolute Gasteiger partial charge is 0.379 e. The minimum Gasteiger partial charge on any atom is -0.379 e. The number of hydrogen-bond donors (Lipinski definition) is 0. The lowest BCUT2D eigenvalue weighted by Gasteiger charge is -2.31. The quantitative estimate of drug-likeness (QED) is 0.828. The molecule has 2 fully saturated rings. The second kappa shape index (κ2) is 6.65. The Balaban J connectivity index is 1.65. The first-order valence-electron chi connectivity index (χ1n) is 9.71. The van der Waals surface area contributed by atoms with E-state index in [4.69, 9.17) is 9.72 Å². The van der Waals surface area contributed by atoms with E-state index in [1.807, 2.05) is 28.8 Å². The summed E-state index contributed by atoms with van der Waals surface area (Å²) in [4.78, 5) is 20.0. The lowest BCUT2D eigenvalue weighted by molar-refractivity contribution is 0.0644. The zero-order chi connectivity index (χ0) is 18.3. The van der Waals surface area contributed by atoms with Gasteiger partial charge < -0.3 is 9.64 Å². The van der Waals surface area contributed by atoms with Gasteiger partial charge in [0, 0.05) is 29.9 Å². The topological polar surface area (TPSA) is 60.2 Å². The lowest BCUT2D eigenvalue weighted by atomic mass is 9.86. The Morgan fingerprint density at radius 2 is 2.08 bits per heavy atom. The molecule has 0 bridgehead atoms. The fraction of sp³-hybridized carbons (Fsp3) is 0.650. The Morgan fingerprint density at radius 3 is 2.81 bits per heavy atom. The molecule has 1 aliphatic carbocycles. The minimum absolute atomic E-state index is 0.0750.